The van der Waals surface area contributed by atoms with Gasteiger partial charge >= 0.3 is 0 Å². The van der Waals surface area contributed by atoms with Gasteiger partial charge in [-0.05, 0) is 49.5 Å². The molecule has 0 atom stereocenters. The molecule has 2 heterocycles. The van der Waals surface area contributed by atoms with Crippen LogP contribution in [-0.4, -0.2) is 33.0 Å². The van der Waals surface area contributed by atoms with E-state index in [1.807, 2.05) is 6.07 Å². The Morgan fingerprint density at radius 2 is 1.83 bits per heavy atom. The number of hydrogen-bond donors (Lipinski definition) is 1. The summed E-state index contributed by atoms with van der Waals surface area (Å²) in [4.78, 5) is 2.43. The molecule has 0 bridgehead atoms. The standard InChI is InChI=1S/C17H21ClN2O2S2/c18-16-6-7-17(23-16)24(21,22)19-12-14-8-10-20(11-9-14)13-15-4-2-1-3-5-15/h1-7,14,19H,8-13H2. The number of nitrogens with zero attached hydrogens (tertiary/aromatic N) is 1. The summed E-state index contributed by atoms with van der Waals surface area (Å²) in [5.41, 5.74) is 1.33. The molecule has 1 N–H and O–H groups in total. The number of nitrogens with one attached hydrogen (secondary N) is 1. The summed E-state index contributed by atoms with van der Waals surface area (Å²) in [6.45, 7) is 3.47. The maximum Gasteiger partial charge on any atom is 0.250 e. The fourth-order valence-electron chi connectivity index (χ4n) is 2.93. The molecule has 4 nitrogen and oxygen atoms in total. The molecule has 130 valence electrons. The summed E-state index contributed by atoms with van der Waals surface area (Å²) < 4.78 is 28.0. The van der Waals surface area contributed by atoms with Gasteiger partial charge in [0.1, 0.15) is 4.21 Å². The van der Waals surface area contributed by atoms with Gasteiger partial charge in [0.05, 0.1) is 4.34 Å². The topological polar surface area (TPSA) is 49.4 Å². The van der Waals surface area contributed by atoms with Crippen molar-refractivity contribution in [3.05, 3.63) is 52.4 Å². The minimum Gasteiger partial charge on any atom is -0.299 e. The van der Waals surface area contributed by atoms with Crippen molar-refractivity contribution >= 4 is 33.0 Å². The molecule has 1 aliphatic rings. The van der Waals surface area contributed by atoms with E-state index in [0.717, 1.165) is 43.8 Å². The lowest BCUT2D eigenvalue weighted by Crippen LogP contribution is -2.38. The van der Waals surface area contributed by atoms with E-state index in [2.05, 4.69) is 33.9 Å². The van der Waals surface area contributed by atoms with Crippen LogP contribution in [0.3, 0.4) is 0 Å². The Morgan fingerprint density at radius 1 is 1.12 bits per heavy atom. The zero-order valence-electron chi connectivity index (χ0n) is 13.3. The first-order valence-corrected chi connectivity index (χ1v) is 10.7. The number of benzene rings is 1. The van der Waals surface area contributed by atoms with Gasteiger partial charge in [0.2, 0.25) is 10.0 Å². The third-order valence-corrected chi connectivity index (χ3v) is 7.48. The zero-order valence-corrected chi connectivity index (χ0v) is 15.7. The van der Waals surface area contributed by atoms with Crippen LogP contribution >= 0.6 is 22.9 Å². The number of rotatable bonds is 6. The van der Waals surface area contributed by atoms with Crippen molar-refractivity contribution in [1.29, 1.82) is 0 Å². The first-order chi connectivity index (χ1) is 11.5. The third-order valence-electron chi connectivity index (χ3n) is 4.33. The Morgan fingerprint density at radius 3 is 2.46 bits per heavy atom. The van der Waals surface area contributed by atoms with E-state index >= 15 is 0 Å². The van der Waals surface area contributed by atoms with Gasteiger partial charge in [-0.15, -0.1) is 11.3 Å². The van der Waals surface area contributed by atoms with E-state index in [-0.39, 0.29) is 4.21 Å². The SMILES string of the molecule is O=S(=O)(NCC1CCN(Cc2ccccc2)CC1)c1ccc(Cl)s1. The predicted molar refractivity (Wildman–Crippen MR) is 99.0 cm³/mol. The van der Waals surface area contributed by atoms with E-state index < -0.39 is 10.0 Å². The molecule has 1 aliphatic heterocycles. The average Bonchev–Trinajstić information content (AvgIpc) is 3.03. The maximum absolute atomic E-state index is 12.2. The Hall–Kier alpha value is -0.920. The minimum absolute atomic E-state index is 0.286. The molecule has 1 saturated heterocycles. The van der Waals surface area contributed by atoms with Gasteiger partial charge in [-0.25, -0.2) is 13.1 Å². The number of likely N-dealkylation sites (tertiary alicyclic amines) is 1. The number of hydrogen-bond acceptors (Lipinski definition) is 4. The van der Waals surface area contributed by atoms with Crippen molar-refractivity contribution in [2.24, 2.45) is 5.92 Å². The van der Waals surface area contributed by atoms with Crippen LogP contribution in [0.15, 0.2) is 46.7 Å². The minimum atomic E-state index is -3.43. The van der Waals surface area contributed by atoms with Gasteiger partial charge in [-0.3, -0.25) is 4.90 Å². The molecule has 1 aromatic heterocycles. The third kappa shape index (κ3) is 4.80. The van der Waals surface area contributed by atoms with Crippen molar-refractivity contribution < 1.29 is 8.42 Å². The second kappa shape index (κ2) is 7.97. The predicted octanol–water partition coefficient (Wildman–Crippen LogP) is 3.59. The monoisotopic (exact) mass is 384 g/mol. The molecule has 0 radical (unpaired) electrons. The summed E-state index contributed by atoms with van der Waals surface area (Å²) >= 11 is 6.91. The summed E-state index contributed by atoms with van der Waals surface area (Å²) in [5, 5.41) is 0. The van der Waals surface area contributed by atoms with E-state index in [1.54, 1.807) is 12.1 Å². The first kappa shape index (κ1) is 17.9. The van der Waals surface area contributed by atoms with Crippen molar-refractivity contribution in [3.63, 3.8) is 0 Å². The molecule has 1 fully saturated rings. The quantitative estimate of drug-likeness (QED) is 0.827. The van der Waals surface area contributed by atoms with Crippen molar-refractivity contribution in [2.75, 3.05) is 19.6 Å². The zero-order chi connectivity index (χ0) is 17.0. The lowest BCUT2D eigenvalue weighted by atomic mass is 9.97. The number of piperidine rings is 1. The number of sulfonamides is 1. The van der Waals surface area contributed by atoms with Gasteiger partial charge < -0.3 is 0 Å². The van der Waals surface area contributed by atoms with Gasteiger partial charge in [0, 0.05) is 13.1 Å². The smallest absolute Gasteiger partial charge is 0.250 e. The van der Waals surface area contributed by atoms with E-state index in [4.69, 9.17) is 11.6 Å². The Bertz CT molecular complexity index is 754. The van der Waals surface area contributed by atoms with Crippen LogP contribution in [0.5, 0.6) is 0 Å². The Balaban J connectivity index is 1.46. The number of halogens is 1. The second-order valence-corrected chi connectivity index (χ2v) is 9.82. The molecule has 0 unspecified atom stereocenters. The lowest BCUT2D eigenvalue weighted by Gasteiger charge is -2.32. The highest BCUT2D eigenvalue weighted by molar-refractivity contribution is 7.91. The molecule has 24 heavy (non-hydrogen) atoms. The average molecular weight is 385 g/mol. The Labute approximate surface area is 152 Å². The molecule has 0 aliphatic carbocycles. The summed E-state index contributed by atoms with van der Waals surface area (Å²) in [6.07, 6.45) is 2.03. The van der Waals surface area contributed by atoms with E-state index in [0.29, 0.717) is 16.8 Å². The second-order valence-electron chi connectivity index (χ2n) is 6.12. The first-order valence-electron chi connectivity index (χ1n) is 8.04. The lowest BCUT2D eigenvalue weighted by molar-refractivity contribution is 0.178. The van der Waals surface area contributed by atoms with Crippen molar-refractivity contribution in [1.82, 2.24) is 9.62 Å². The summed E-state index contributed by atoms with van der Waals surface area (Å²) in [7, 11) is -3.43. The van der Waals surface area contributed by atoms with Gasteiger partial charge in [-0.2, -0.15) is 0 Å². The van der Waals surface area contributed by atoms with Crippen LogP contribution < -0.4 is 4.72 Å². The fourth-order valence-corrected chi connectivity index (χ4v) is 5.57. The summed E-state index contributed by atoms with van der Waals surface area (Å²) in [6, 6.07) is 13.6. The van der Waals surface area contributed by atoms with Gasteiger partial charge in [0.25, 0.3) is 0 Å². The van der Waals surface area contributed by atoms with E-state index in [1.165, 1.54) is 5.56 Å². The van der Waals surface area contributed by atoms with Crippen LogP contribution in [0.4, 0.5) is 0 Å². The molecular formula is C17H21ClN2O2S2. The van der Waals surface area contributed by atoms with Crippen LogP contribution in [0.2, 0.25) is 4.34 Å². The highest BCUT2D eigenvalue weighted by Crippen LogP contribution is 2.26. The fraction of sp³-hybridized carbons (Fsp3) is 0.412. The number of thiophene rings is 1. The maximum atomic E-state index is 12.2. The highest BCUT2D eigenvalue weighted by Gasteiger charge is 2.22. The molecule has 1 aromatic carbocycles. The largest absolute Gasteiger partial charge is 0.299 e. The molecule has 2 aromatic rings. The Kier molecular flexibility index (Phi) is 5.94. The molecule has 0 spiro atoms. The van der Waals surface area contributed by atoms with Crippen LogP contribution in [0.1, 0.15) is 18.4 Å². The van der Waals surface area contributed by atoms with Gasteiger partial charge in [-0.1, -0.05) is 41.9 Å². The van der Waals surface area contributed by atoms with Crippen LogP contribution in [0.25, 0.3) is 0 Å². The summed E-state index contributed by atoms with van der Waals surface area (Å²) in [5.74, 6) is 0.391. The normalized spacial score (nSPS) is 17.2. The molecule has 3 rings (SSSR count). The van der Waals surface area contributed by atoms with Crippen molar-refractivity contribution in [2.45, 2.75) is 23.6 Å². The van der Waals surface area contributed by atoms with Crippen LogP contribution in [-0.2, 0) is 16.6 Å². The molecule has 7 heteroatoms. The molecule has 0 saturated carbocycles. The molecule has 0 amide bonds. The highest BCUT2D eigenvalue weighted by atomic mass is 35.5. The van der Waals surface area contributed by atoms with Gasteiger partial charge in [0.15, 0.2) is 0 Å². The van der Waals surface area contributed by atoms with Crippen LogP contribution in [0, 0.1) is 5.92 Å². The molecular weight excluding hydrogens is 364 g/mol. The van der Waals surface area contributed by atoms with E-state index in [9.17, 15) is 8.42 Å². The van der Waals surface area contributed by atoms with Crippen molar-refractivity contribution in [3.8, 4) is 0 Å².